The van der Waals surface area contributed by atoms with Crippen LogP contribution >= 0.6 is 7.60 Å². The Morgan fingerprint density at radius 1 is 1.15 bits per heavy atom. The average Bonchev–Trinajstić information content (AvgIpc) is 2.65. The van der Waals surface area contributed by atoms with E-state index in [1.807, 2.05) is 0 Å². The zero-order valence-corrected chi connectivity index (χ0v) is 15.5. The summed E-state index contributed by atoms with van der Waals surface area (Å²) in [6, 6.07) is 6.40. The number of benzene rings is 1. The summed E-state index contributed by atoms with van der Waals surface area (Å²) in [5.41, 5.74) is 0.492. The molecule has 0 bridgehead atoms. The third-order valence-electron chi connectivity index (χ3n) is 4.21. The van der Waals surface area contributed by atoms with Gasteiger partial charge in [-0.1, -0.05) is 24.3 Å². The fourth-order valence-corrected chi connectivity index (χ4v) is 4.26. The van der Waals surface area contributed by atoms with Gasteiger partial charge in [-0.25, -0.2) is 9.78 Å². The van der Waals surface area contributed by atoms with Crippen LogP contribution in [0.2, 0.25) is 0 Å². The zero-order chi connectivity index (χ0) is 19.6. The van der Waals surface area contributed by atoms with Crippen LogP contribution in [-0.2, 0) is 33.2 Å². The molecule has 2 aliphatic rings. The molecule has 0 aromatic heterocycles. The van der Waals surface area contributed by atoms with Gasteiger partial charge in [0.15, 0.2) is 17.3 Å². The van der Waals surface area contributed by atoms with Crippen molar-refractivity contribution in [3.8, 4) is 0 Å². The smallest absolute Gasteiger partial charge is 0.392 e. The molecule has 1 aromatic carbocycles. The van der Waals surface area contributed by atoms with E-state index in [2.05, 4.69) is 19.1 Å². The Morgan fingerprint density at radius 3 is 2.41 bits per heavy atom. The van der Waals surface area contributed by atoms with Crippen LogP contribution in [0.1, 0.15) is 27.1 Å². The standard InChI is InChI=1S/C17H17O9P/c1-22-25-27(21,26-23-2)9-13(18)17-14-12(7-8-24-17)15(19)10-5-3-4-6-11(10)16(14)20/h3-6,12H,7-9H2,1-2H3. The van der Waals surface area contributed by atoms with Gasteiger partial charge in [-0.05, 0) is 6.42 Å². The summed E-state index contributed by atoms with van der Waals surface area (Å²) in [6.45, 7) is 0.0665. The predicted octanol–water partition coefficient (Wildman–Crippen LogP) is 2.27. The van der Waals surface area contributed by atoms with Gasteiger partial charge in [0.1, 0.15) is 6.16 Å². The van der Waals surface area contributed by atoms with Gasteiger partial charge in [-0.3, -0.25) is 18.9 Å². The summed E-state index contributed by atoms with van der Waals surface area (Å²) >= 11 is 0. The van der Waals surface area contributed by atoms with Crippen LogP contribution in [0.15, 0.2) is 35.6 Å². The number of hydrogen-bond donors (Lipinski definition) is 0. The van der Waals surface area contributed by atoms with Gasteiger partial charge in [0.2, 0.25) is 5.78 Å². The van der Waals surface area contributed by atoms with Crippen LogP contribution in [0, 0.1) is 5.92 Å². The summed E-state index contributed by atoms with van der Waals surface area (Å²) in [7, 11) is -1.92. The van der Waals surface area contributed by atoms with Gasteiger partial charge >= 0.3 is 7.60 Å². The van der Waals surface area contributed by atoms with Crippen molar-refractivity contribution in [1.82, 2.24) is 0 Å². The number of carbonyl (C=O) groups is 3. The minimum atomic E-state index is -4.09. The van der Waals surface area contributed by atoms with E-state index in [0.717, 1.165) is 14.2 Å². The first-order valence-corrected chi connectivity index (χ1v) is 9.76. The SMILES string of the molecule is COOP(=O)(CC(=O)C1=C2C(=O)c3ccccc3C(=O)C2CCO1)OOC. The second kappa shape index (κ2) is 7.84. The van der Waals surface area contributed by atoms with Crippen molar-refractivity contribution in [2.75, 3.05) is 27.0 Å². The Hall–Kier alpha value is -2.16. The molecule has 1 aromatic rings. The highest BCUT2D eigenvalue weighted by atomic mass is 31.2. The summed E-state index contributed by atoms with van der Waals surface area (Å²) in [6.07, 6.45) is -0.519. The van der Waals surface area contributed by atoms with E-state index in [1.165, 1.54) is 6.07 Å². The highest BCUT2D eigenvalue weighted by molar-refractivity contribution is 7.54. The first-order chi connectivity index (χ1) is 12.9. The lowest BCUT2D eigenvalue weighted by Gasteiger charge is -2.31. The maximum absolute atomic E-state index is 12.9. The molecule has 0 saturated carbocycles. The minimum absolute atomic E-state index is 0.0312. The van der Waals surface area contributed by atoms with E-state index in [-0.39, 0.29) is 35.7 Å². The molecule has 1 atom stereocenters. The number of fused-ring (bicyclic) bond motifs is 2. The molecule has 10 heteroatoms. The molecule has 0 amide bonds. The summed E-state index contributed by atoms with van der Waals surface area (Å²) in [5.74, 6) is -2.62. The number of Topliss-reactive ketones (excluding diaryl/α,β-unsaturated/α-hetero) is 3. The first kappa shape index (κ1) is 19.6. The van der Waals surface area contributed by atoms with E-state index in [4.69, 9.17) is 4.74 Å². The van der Waals surface area contributed by atoms with Crippen molar-refractivity contribution in [2.45, 2.75) is 6.42 Å². The molecule has 1 aliphatic carbocycles. The summed E-state index contributed by atoms with van der Waals surface area (Å²) in [5, 5.41) is 0. The van der Waals surface area contributed by atoms with Crippen LogP contribution in [0.25, 0.3) is 0 Å². The predicted molar refractivity (Wildman–Crippen MR) is 89.9 cm³/mol. The lowest BCUT2D eigenvalue weighted by molar-refractivity contribution is -0.241. The molecule has 3 rings (SSSR count). The summed E-state index contributed by atoms with van der Waals surface area (Å²) < 4.78 is 26.9. The highest BCUT2D eigenvalue weighted by Crippen LogP contribution is 2.49. The Kier molecular flexibility index (Phi) is 5.69. The van der Waals surface area contributed by atoms with E-state index >= 15 is 0 Å². The molecule has 27 heavy (non-hydrogen) atoms. The average molecular weight is 396 g/mol. The van der Waals surface area contributed by atoms with Gasteiger partial charge in [-0.2, -0.15) is 0 Å². The molecule has 1 unspecified atom stereocenters. The molecular weight excluding hydrogens is 379 g/mol. The molecule has 0 saturated heterocycles. The molecule has 0 N–H and O–H groups in total. The first-order valence-electron chi connectivity index (χ1n) is 8.04. The van der Waals surface area contributed by atoms with Gasteiger partial charge in [0.05, 0.1) is 32.3 Å². The van der Waals surface area contributed by atoms with E-state index < -0.39 is 31.2 Å². The molecule has 144 valence electrons. The monoisotopic (exact) mass is 396 g/mol. The largest absolute Gasteiger partial charge is 0.489 e. The lowest BCUT2D eigenvalue weighted by atomic mass is 9.75. The number of carbonyl (C=O) groups excluding carboxylic acids is 3. The van der Waals surface area contributed by atoms with Crippen LogP contribution < -0.4 is 0 Å². The molecule has 9 nitrogen and oxygen atoms in total. The maximum Gasteiger partial charge on any atom is 0.392 e. The van der Waals surface area contributed by atoms with E-state index in [9.17, 15) is 18.9 Å². The van der Waals surface area contributed by atoms with Crippen molar-refractivity contribution in [3.63, 3.8) is 0 Å². The lowest BCUT2D eigenvalue weighted by Crippen LogP contribution is -2.36. The van der Waals surface area contributed by atoms with Gasteiger partial charge in [0.25, 0.3) is 0 Å². The Labute approximate surface area is 154 Å². The minimum Gasteiger partial charge on any atom is -0.489 e. The van der Waals surface area contributed by atoms with E-state index in [0.29, 0.717) is 5.56 Å². The quantitative estimate of drug-likeness (QED) is 0.389. The number of rotatable bonds is 7. The Balaban J connectivity index is 2.01. The second-order valence-corrected chi connectivity index (χ2v) is 7.68. The van der Waals surface area contributed by atoms with Crippen LogP contribution in [0.4, 0.5) is 0 Å². The Bertz CT molecular complexity index is 863. The Morgan fingerprint density at radius 2 is 1.78 bits per heavy atom. The van der Waals surface area contributed by atoms with Crippen molar-refractivity contribution in [3.05, 3.63) is 46.7 Å². The number of ether oxygens (including phenoxy) is 1. The third-order valence-corrected chi connectivity index (χ3v) is 5.64. The molecule has 0 fully saturated rings. The van der Waals surface area contributed by atoms with Crippen LogP contribution in [0.5, 0.6) is 0 Å². The third kappa shape index (κ3) is 3.65. The topological polar surface area (TPSA) is 114 Å². The zero-order valence-electron chi connectivity index (χ0n) is 14.6. The number of allylic oxidation sites excluding steroid dienone is 2. The number of hydrogen-bond acceptors (Lipinski definition) is 9. The van der Waals surface area contributed by atoms with Gasteiger partial charge < -0.3 is 4.74 Å². The number of ketones is 3. The van der Waals surface area contributed by atoms with Crippen molar-refractivity contribution < 1.29 is 42.8 Å². The fraction of sp³-hybridized carbons (Fsp3) is 0.353. The van der Waals surface area contributed by atoms with Crippen LogP contribution in [-0.4, -0.2) is 44.3 Å². The van der Waals surface area contributed by atoms with Crippen molar-refractivity contribution in [1.29, 1.82) is 0 Å². The van der Waals surface area contributed by atoms with E-state index in [1.54, 1.807) is 18.2 Å². The molecule has 0 spiro atoms. The molecule has 0 radical (unpaired) electrons. The van der Waals surface area contributed by atoms with Gasteiger partial charge in [0, 0.05) is 11.1 Å². The molecule has 1 heterocycles. The molecular formula is C17H17O9P. The molecule has 1 aliphatic heterocycles. The van der Waals surface area contributed by atoms with Crippen LogP contribution in [0.3, 0.4) is 0 Å². The second-order valence-electron chi connectivity index (χ2n) is 5.85. The van der Waals surface area contributed by atoms with Gasteiger partial charge in [-0.15, -0.1) is 9.35 Å². The van der Waals surface area contributed by atoms with Crippen molar-refractivity contribution in [2.24, 2.45) is 5.92 Å². The fourth-order valence-electron chi connectivity index (χ4n) is 3.18. The summed E-state index contributed by atoms with van der Waals surface area (Å²) in [4.78, 5) is 47.0. The highest BCUT2D eigenvalue weighted by Gasteiger charge is 2.44. The normalized spacial score (nSPS) is 19.4. The van der Waals surface area contributed by atoms with Crippen molar-refractivity contribution >= 4 is 24.9 Å². The maximum atomic E-state index is 12.9.